The highest BCUT2D eigenvalue weighted by atomic mass is 32.1. The van der Waals surface area contributed by atoms with Gasteiger partial charge in [-0.15, -0.1) is 0 Å². The predicted molar refractivity (Wildman–Crippen MR) is 77.5 cm³/mol. The molecule has 104 valence electrons. The Balaban J connectivity index is 2.33. The summed E-state index contributed by atoms with van der Waals surface area (Å²) in [6, 6.07) is 2.72. The summed E-state index contributed by atoms with van der Waals surface area (Å²) < 4.78 is 28.3. The Morgan fingerprint density at radius 3 is 2.37 bits per heavy atom. The SMILES string of the molecule is CCCCN(c1c(F)cc(C(N)=S)cc1F)C1CC1. The van der Waals surface area contributed by atoms with Crippen LogP contribution in [0.2, 0.25) is 0 Å². The number of anilines is 1. The molecule has 19 heavy (non-hydrogen) atoms. The van der Waals surface area contributed by atoms with E-state index in [2.05, 4.69) is 6.92 Å². The van der Waals surface area contributed by atoms with Crippen molar-refractivity contribution in [2.24, 2.45) is 5.73 Å². The van der Waals surface area contributed by atoms with Gasteiger partial charge in [-0.1, -0.05) is 25.6 Å². The highest BCUT2D eigenvalue weighted by molar-refractivity contribution is 7.80. The van der Waals surface area contributed by atoms with E-state index in [-0.39, 0.29) is 22.3 Å². The first-order valence-corrected chi connectivity index (χ1v) is 7.01. The molecule has 2 rings (SSSR count). The lowest BCUT2D eigenvalue weighted by molar-refractivity contribution is 0.564. The molecule has 0 heterocycles. The molecular weight excluding hydrogens is 266 g/mol. The maximum Gasteiger partial charge on any atom is 0.150 e. The van der Waals surface area contributed by atoms with Crippen molar-refractivity contribution in [3.63, 3.8) is 0 Å². The van der Waals surface area contributed by atoms with E-state index in [1.165, 1.54) is 12.1 Å². The zero-order valence-electron chi connectivity index (χ0n) is 11.0. The van der Waals surface area contributed by atoms with Crippen molar-refractivity contribution in [2.45, 2.75) is 38.6 Å². The van der Waals surface area contributed by atoms with Crippen molar-refractivity contribution in [3.8, 4) is 0 Å². The maximum atomic E-state index is 14.1. The van der Waals surface area contributed by atoms with E-state index in [0.29, 0.717) is 6.54 Å². The third-order valence-electron chi connectivity index (χ3n) is 3.33. The van der Waals surface area contributed by atoms with Crippen LogP contribution in [-0.4, -0.2) is 17.6 Å². The number of nitrogens with two attached hydrogens (primary N) is 1. The standard InChI is InChI=1S/C14H18F2N2S/c1-2-3-6-18(10-4-5-10)13-11(15)7-9(14(17)19)8-12(13)16/h7-8,10H,2-6H2,1H3,(H2,17,19). The lowest BCUT2D eigenvalue weighted by atomic mass is 10.1. The van der Waals surface area contributed by atoms with Crippen molar-refractivity contribution in [1.82, 2.24) is 0 Å². The molecule has 0 unspecified atom stereocenters. The van der Waals surface area contributed by atoms with Gasteiger partial charge in [-0.2, -0.15) is 0 Å². The molecule has 1 fully saturated rings. The van der Waals surface area contributed by atoms with Crippen LogP contribution >= 0.6 is 12.2 Å². The van der Waals surface area contributed by atoms with Gasteiger partial charge >= 0.3 is 0 Å². The number of benzene rings is 1. The summed E-state index contributed by atoms with van der Waals surface area (Å²) in [6.45, 7) is 2.75. The van der Waals surface area contributed by atoms with Crippen molar-refractivity contribution >= 4 is 22.9 Å². The second-order valence-electron chi connectivity index (χ2n) is 4.93. The fourth-order valence-corrected chi connectivity index (χ4v) is 2.29. The zero-order chi connectivity index (χ0) is 14.0. The van der Waals surface area contributed by atoms with E-state index in [0.717, 1.165) is 25.7 Å². The molecule has 1 aliphatic carbocycles. The fraction of sp³-hybridized carbons (Fsp3) is 0.500. The predicted octanol–water partition coefficient (Wildman–Crippen LogP) is 3.37. The summed E-state index contributed by atoms with van der Waals surface area (Å²) in [6.07, 6.45) is 3.92. The molecule has 0 aromatic heterocycles. The summed E-state index contributed by atoms with van der Waals surface area (Å²) >= 11 is 4.76. The van der Waals surface area contributed by atoms with E-state index >= 15 is 0 Å². The molecule has 0 aliphatic heterocycles. The molecule has 1 aromatic carbocycles. The Bertz CT molecular complexity index is 463. The van der Waals surface area contributed by atoms with Gasteiger partial charge < -0.3 is 10.6 Å². The lowest BCUT2D eigenvalue weighted by Gasteiger charge is -2.25. The van der Waals surface area contributed by atoms with Crippen LogP contribution in [0.1, 0.15) is 38.2 Å². The Labute approximate surface area is 117 Å². The van der Waals surface area contributed by atoms with E-state index < -0.39 is 11.6 Å². The van der Waals surface area contributed by atoms with Gasteiger partial charge in [0.05, 0.1) is 0 Å². The number of rotatable bonds is 6. The smallest absolute Gasteiger partial charge is 0.150 e. The van der Waals surface area contributed by atoms with E-state index in [1.807, 2.05) is 4.90 Å². The third kappa shape index (κ3) is 3.21. The molecule has 5 heteroatoms. The zero-order valence-corrected chi connectivity index (χ0v) is 11.8. The van der Waals surface area contributed by atoms with Gasteiger partial charge in [0.25, 0.3) is 0 Å². The van der Waals surface area contributed by atoms with E-state index in [9.17, 15) is 8.78 Å². The minimum atomic E-state index is -0.578. The largest absolute Gasteiger partial charge is 0.389 e. The average Bonchev–Trinajstić information content (AvgIpc) is 3.16. The van der Waals surface area contributed by atoms with Gasteiger partial charge in [0.15, 0.2) is 0 Å². The number of hydrogen-bond acceptors (Lipinski definition) is 2. The number of nitrogens with zero attached hydrogens (tertiary/aromatic N) is 1. The highest BCUT2D eigenvalue weighted by Gasteiger charge is 2.32. The molecule has 0 bridgehead atoms. The summed E-state index contributed by atoms with van der Waals surface area (Å²) in [5.74, 6) is -1.16. The van der Waals surface area contributed by atoms with E-state index in [1.54, 1.807) is 0 Å². The van der Waals surface area contributed by atoms with Gasteiger partial charge in [0.1, 0.15) is 22.3 Å². The van der Waals surface area contributed by atoms with Gasteiger partial charge in [-0.05, 0) is 31.4 Å². The van der Waals surface area contributed by atoms with Crippen molar-refractivity contribution < 1.29 is 8.78 Å². The third-order valence-corrected chi connectivity index (χ3v) is 3.56. The number of halogens is 2. The summed E-state index contributed by atoms with van der Waals surface area (Å²) in [4.78, 5) is 1.85. The Morgan fingerprint density at radius 2 is 1.95 bits per heavy atom. The van der Waals surface area contributed by atoms with E-state index in [4.69, 9.17) is 18.0 Å². The molecule has 0 saturated heterocycles. The normalized spacial score (nSPS) is 14.5. The summed E-state index contributed by atoms with van der Waals surface area (Å²) in [5.41, 5.74) is 5.72. The molecule has 0 atom stereocenters. The van der Waals surface area contributed by atoms with Gasteiger partial charge in [-0.25, -0.2) is 8.78 Å². The second-order valence-corrected chi connectivity index (χ2v) is 5.37. The minimum absolute atomic E-state index is 0.0101. The van der Waals surface area contributed by atoms with Crippen LogP contribution < -0.4 is 10.6 Å². The Kier molecular flexibility index (Phi) is 4.34. The second kappa shape index (κ2) is 5.82. The lowest BCUT2D eigenvalue weighted by Crippen LogP contribution is -2.29. The van der Waals surface area contributed by atoms with Crippen LogP contribution in [0.4, 0.5) is 14.5 Å². The highest BCUT2D eigenvalue weighted by Crippen LogP contribution is 2.35. The molecule has 0 spiro atoms. The first-order valence-electron chi connectivity index (χ1n) is 6.60. The Morgan fingerprint density at radius 1 is 1.37 bits per heavy atom. The molecule has 2 nitrogen and oxygen atoms in total. The first kappa shape index (κ1) is 14.2. The first-order chi connectivity index (χ1) is 9.04. The van der Waals surface area contributed by atoms with Crippen LogP contribution in [0, 0.1) is 11.6 Å². The number of unbranched alkanes of at least 4 members (excludes halogenated alkanes) is 1. The van der Waals surface area contributed by atoms with Crippen LogP contribution in [0.25, 0.3) is 0 Å². The molecule has 1 aromatic rings. The van der Waals surface area contributed by atoms with Crippen LogP contribution in [0.3, 0.4) is 0 Å². The minimum Gasteiger partial charge on any atom is -0.389 e. The van der Waals surface area contributed by atoms with Crippen molar-refractivity contribution in [3.05, 3.63) is 29.3 Å². The van der Waals surface area contributed by atoms with Crippen LogP contribution in [0.15, 0.2) is 12.1 Å². The van der Waals surface area contributed by atoms with Gasteiger partial charge in [0.2, 0.25) is 0 Å². The fourth-order valence-electron chi connectivity index (χ4n) is 2.17. The van der Waals surface area contributed by atoms with Gasteiger partial charge in [0, 0.05) is 18.2 Å². The maximum absolute atomic E-state index is 14.1. The average molecular weight is 284 g/mol. The molecule has 0 amide bonds. The molecule has 1 aliphatic rings. The molecule has 2 N–H and O–H groups in total. The molecule has 0 radical (unpaired) electrons. The topological polar surface area (TPSA) is 29.3 Å². The number of hydrogen-bond donors (Lipinski definition) is 1. The van der Waals surface area contributed by atoms with Crippen molar-refractivity contribution in [2.75, 3.05) is 11.4 Å². The van der Waals surface area contributed by atoms with Gasteiger partial charge in [-0.3, -0.25) is 0 Å². The van der Waals surface area contributed by atoms with Crippen LogP contribution in [0.5, 0.6) is 0 Å². The molecular formula is C14H18F2N2S. The molecule has 1 saturated carbocycles. The van der Waals surface area contributed by atoms with Crippen LogP contribution in [-0.2, 0) is 0 Å². The summed E-state index contributed by atoms with van der Waals surface area (Å²) in [5, 5.41) is 0. The van der Waals surface area contributed by atoms with Crippen molar-refractivity contribution in [1.29, 1.82) is 0 Å². The number of thiocarbonyl (C=S) groups is 1. The monoisotopic (exact) mass is 284 g/mol. The summed E-state index contributed by atoms with van der Waals surface area (Å²) in [7, 11) is 0. The Hall–Kier alpha value is -1.23. The quantitative estimate of drug-likeness (QED) is 0.812.